The lowest BCUT2D eigenvalue weighted by Gasteiger charge is -2.03. The second kappa shape index (κ2) is 6.10. The fraction of sp³-hybridized carbons (Fsp3) is 0.167. The molecule has 0 atom stereocenters. The van der Waals surface area contributed by atoms with Gasteiger partial charge in [0.2, 0.25) is 0 Å². The van der Waals surface area contributed by atoms with E-state index in [4.69, 9.17) is 5.73 Å². The van der Waals surface area contributed by atoms with Crippen molar-refractivity contribution < 1.29 is 0 Å². The maximum atomic E-state index is 6.11. The Morgan fingerprint density at radius 3 is 2.19 bits per heavy atom. The van der Waals surface area contributed by atoms with E-state index in [0.717, 1.165) is 34.1 Å². The summed E-state index contributed by atoms with van der Waals surface area (Å²) in [5.41, 5.74) is 10.6. The predicted octanol–water partition coefficient (Wildman–Crippen LogP) is 5.01. The average molecular weight is 294 g/mol. The Balaban J connectivity index is 1.91. The number of anilines is 1. The molecule has 3 rings (SSSR count). The van der Waals surface area contributed by atoms with Crippen LogP contribution < -0.4 is 5.73 Å². The van der Waals surface area contributed by atoms with E-state index in [1.165, 1.54) is 11.1 Å². The van der Waals surface area contributed by atoms with Crippen molar-refractivity contribution in [3.05, 3.63) is 59.6 Å². The van der Waals surface area contributed by atoms with Gasteiger partial charge in [0.15, 0.2) is 0 Å². The van der Waals surface area contributed by atoms with E-state index in [9.17, 15) is 0 Å². The van der Waals surface area contributed by atoms with E-state index in [2.05, 4.69) is 60.4 Å². The highest BCUT2D eigenvalue weighted by atomic mass is 32.1. The summed E-state index contributed by atoms with van der Waals surface area (Å²) >= 11 is 1.60. The summed E-state index contributed by atoms with van der Waals surface area (Å²) < 4.78 is 0. The Morgan fingerprint density at radius 2 is 1.52 bits per heavy atom. The first-order valence-electron chi connectivity index (χ1n) is 7.19. The van der Waals surface area contributed by atoms with Crippen molar-refractivity contribution in [2.24, 2.45) is 0 Å². The van der Waals surface area contributed by atoms with Crippen LogP contribution in [0.1, 0.15) is 18.4 Å². The minimum atomic E-state index is 0.811. The fourth-order valence-corrected chi connectivity index (χ4v) is 3.31. The summed E-state index contributed by atoms with van der Waals surface area (Å²) in [6.45, 7) is 2.16. The zero-order valence-corrected chi connectivity index (χ0v) is 12.9. The zero-order valence-electron chi connectivity index (χ0n) is 12.0. The minimum absolute atomic E-state index is 0.811. The van der Waals surface area contributed by atoms with E-state index < -0.39 is 0 Å². The van der Waals surface area contributed by atoms with Gasteiger partial charge in [-0.05, 0) is 24.0 Å². The number of aromatic nitrogens is 1. The molecule has 2 N–H and O–H groups in total. The number of nitrogens with two attached hydrogens (primary N) is 1. The zero-order chi connectivity index (χ0) is 14.7. The molecule has 0 bridgehead atoms. The van der Waals surface area contributed by atoms with Gasteiger partial charge in [-0.3, -0.25) is 0 Å². The lowest BCUT2D eigenvalue weighted by Crippen LogP contribution is -1.87. The first kappa shape index (κ1) is 13.8. The highest BCUT2D eigenvalue weighted by Gasteiger charge is 2.10. The van der Waals surface area contributed by atoms with Crippen molar-refractivity contribution in [3.63, 3.8) is 0 Å². The molecule has 1 aromatic heterocycles. The molecule has 0 radical (unpaired) electrons. The van der Waals surface area contributed by atoms with Crippen molar-refractivity contribution in [1.82, 2.24) is 4.98 Å². The van der Waals surface area contributed by atoms with Gasteiger partial charge in [-0.25, -0.2) is 4.98 Å². The quantitative estimate of drug-likeness (QED) is 0.734. The van der Waals surface area contributed by atoms with E-state index in [0.29, 0.717) is 0 Å². The van der Waals surface area contributed by atoms with Crippen LogP contribution in [0.4, 0.5) is 5.00 Å². The van der Waals surface area contributed by atoms with Crippen molar-refractivity contribution >= 4 is 16.3 Å². The molecule has 0 spiro atoms. The maximum absolute atomic E-state index is 6.11. The molecule has 1 heterocycles. The van der Waals surface area contributed by atoms with Gasteiger partial charge in [0.05, 0.1) is 5.01 Å². The summed E-state index contributed by atoms with van der Waals surface area (Å²) in [6, 6.07) is 18.8. The summed E-state index contributed by atoms with van der Waals surface area (Å²) in [7, 11) is 0. The first-order valence-corrected chi connectivity index (χ1v) is 8.00. The minimum Gasteiger partial charge on any atom is -0.389 e. The van der Waals surface area contributed by atoms with Crippen LogP contribution >= 0.6 is 11.3 Å². The molecule has 0 aliphatic rings. The van der Waals surface area contributed by atoms with Gasteiger partial charge < -0.3 is 5.73 Å². The van der Waals surface area contributed by atoms with E-state index >= 15 is 0 Å². The maximum Gasteiger partial charge on any atom is 0.114 e. The average Bonchev–Trinajstić information content (AvgIpc) is 2.89. The Morgan fingerprint density at radius 1 is 0.905 bits per heavy atom. The summed E-state index contributed by atoms with van der Waals surface area (Å²) in [5, 5.41) is 1.93. The van der Waals surface area contributed by atoms with Crippen LogP contribution in [0, 0.1) is 0 Å². The third kappa shape index (κ3) is 2.98. The Kier molecular flexibility index (Phi) is 4.02. The van der Waals surface area contributed by atoms with Gasteiger partial charge in [-0.15, -0.1) is 11.3 Å². The van der Waals surface area contributed by atoms with Crippen LogP contribution in [0.15, 0.2) is 54.6 Å². The van der Waals surface area contributed by atoms with E-state index in [1.807, 2.05) is 6.07 Å². The van der Waals surface area contributed by atoms with Gasteiger partial charge >= 0.3 is 0 Å². The SMILES string of the molecule is CCCc1nc(-c2ccc(-c3ccccc3)cc2)c(N)s1. The van der Waals surface area contributed by atoms with Crippen molar-refractivity contribution in [1.29, 1.82) is 0 Å². The molecular formula is C18H18N2S. The second-order valence-electron chi connectivity index (χ2n) is 5.01. The van der Waals surface area contributed by atoms with Gasteiger partial charge in [-0.2, -0.15) is 0 Å². The Labute approximate surface area is 129 Å². The van der Waals surface area contributed by atoms with E-state index in [1.54, 1.807) is 11.3 Å². The third-order valence-electron chi connectivity index (χ3n) is 3.43. The van der Waals surface area contributed by atoms with Gasteiger partial charge in [0.25, 0.3) is 0 Å². The summed E-state index contributed by atoms with van der Waals surface area (Å²) in [6.07, 6.45) is 2.09. The highest BCUT2D eigenvalue weighted by Crippen LogP contribution is 2.32. The van der Waals surface area contributed by atoms with E-state index in [-0.39, 0.29) is 0 Å². The second-order valence-corrected chi connectivity index (χ2v) is 6.13. The van der Waals surface area contributed by atoms with Crippen LogP contribution in [0.25, 0.3) is 22.4 Å². The molecule has 2 nitrogen and oxygen atoms in total. The molecule has 0 aliphatic carbocycles. The molecule has 21 heavy (non-hydrogen) atoms. The van der Waals surface area contributed by atoms with Crippen LogP contribution in [0.5, 0.6) is 0 Å². The number of benzene rings is 2. The summed E-state index contributed by atoms with van der Waals surface area (Å²) in [4.78, 5) is 4.67. The Hall–Kier alpha value is -2.13. The lowest BCUT2D eigenvalue weighted by atomic mass is 10.0. The molecule has 0 amide bonds. The van der Waals surface area contributed by atoms with Crippen LogP contribution in [0.2, 0.25) is 0 Å². The number of hydrogen-bond donors (Lipinski definition) is 1. The smallest absolute Gasteiger partial charge is 0.114 e. The normalized spacial score (nSPS) is 10.7. The monoisotopic (exact) mass is 294 g/mol. The molecule has 2 aromatic carbocycles. The van der Waals surface area contributed by atoms with Crippen molar-refractivity contribution in [2.45, 2.75) is 19.8 Å². The lowest BCUT2D eigenvalue weighted by molar-refractivity contribution is 0.910. The standard InChI is InChI=1S/C18H18N2S/c1-2-6-16-20-17(18(19)21-16)15-11-9-14(10-12-15)13-7-4-3-5-8-13/h3-5,7-12H,2,6,19H2,1H3. The first-order chi connectivity index (χ1) is 10.3. The third-order valence-corrected chi connectivity index (χ3v) is 4.37. The van der Waals surface area contributed by atoms with Crippen LogP contribution in [-0.2, 0) is 6.42 Å². The fourth-order valence-electron chi connectivity index (χ4n) is 2.36. The molecule has 0 unspecified atom stereocenters. The molecule has 3 aromatic rings. The molecule has 0 saturated heterocycles. The summed E-state index contributed by atoms with van der Waals surface area (Å²) in [5.74, 6) is 0. The largest absolute Gasteiger partial charge is 0.389 e. The van der Waals surface area contributed by atoms with Crippen LogP contribution in [-0.4, -0.2) is 4.98 Å². The number of nitrogen functional groups attached to an aromatic ring is 1. The predicted molar refractivity (Wildman–Crippen MR) is 91.4 cm³/mol. The number of nitrogens with zero attached hydrogens (tertiary/aromatic N) is 1. The number of hydrogen-bond acceptors (Lipinski definition) is 3. The molecule has 0 aliphatic heterocycles. The molecule has 3 heteroatoms. The van der Waals surface area contributed by atoms with Crippen molar-refractivity contribution in [2.75, 3.05) is 5.73 Å². The topological polar surface area (TPSA) is 38.9 Å². The highest BCUT2D eigenvalue weighted by molar-refractivity contribution is 7.16. The molecular weight excluding hydrogens is 276 g/mol. The number of aryl methyl sites for hydroxylation is 1. The van der Waals surface area contributed by atoms with Crippen molar-refractivity contribution in [3.8, 4) is 22.4 Å². The van der Waals surface area contributed by atoms with Gasteiger partial charge in [0.1, 0.15) is 10.7 Å². The number of rotatable bonds is 4. The Bertz CT molecular complexity index is 715. The van der Waals surface area contributed by atoms with Crippen LogP contribution in [0.3, 0.4) is 0 Å². The molecule has 106 valence electrons. The number of thiazole rings is 1. The molecule has 0 saturated carbocycles. The van der Waals surface area contributed by atoms with Gasteiger partial charge in [0, 0.05) is 5.56 Å². The molecule has 0 fully saturated rings. The van der Waals surface area contributed by atoms with Gasteiger partial charge in [-0.1, -0.05) is 61.5 Å².